The summed E-state index contributed by atoms with van der Waals surface area (Å²) in [5.41, 5.74) is 8.09. The molecule has 0 amide bonds. The Morgan fingerprint density at radius 2 is 0.786 bits per heavy atom. The highest BCUT2D eigenvalue weighted by Gasteiger charge is 2.40. The zero-order chi connectivity index (χ0) is 10.7. The summed E-state index contributed by atoms with van der Waals surface area (Å²) in [5, 5.41) is 35.9. The van der Waals surface area contributed by atoms with Crippen LogP contribution in [0.25, 0.3) is 0 Å². The minimum Gasteiger partial charge on any atom is -0.393 e. The van der Waals surface area contributed by atoms with E-state index >= 15 is 0 Å². The molecule has 1 aliphatic heterocycles. The third-order valence-electron chi connectivity index (χ3n) is 2.16. The molecule has 0 unspecified atom stereocenters. The van der Waals surface area contributed by atoms with Crippen molar-refractivity contribution in [1.82, 2.24) is 21.7 Å². The molecule has 84 valence electrons. The predicted molar refractivity (Wildman–Crippen MR) is 46.3 cm³/mol. The quantitative estimate of drug-likeness (QED) is 0.232. The number of hydrazine groups is 2. The lowest BCUT2D eigenvalue weighted by Crippen LogP contribution is -2.85. The Balaban J connectivity index is 2.59. The average molecular weight is 208 g/mol. The van der Waals surface area contributed by atoms with Gasteiger partial charge in [0.25, 0.3) is 0 Å². The molecule has 0 aromatic carbocycles. The van der Waals surface area contributed by atoms with Gasteiger partial charge in [0.1, 0.15) is 11.3 Å². The maximum atomic E-state index is 8.97. The summed E-state index contributed by atoms with van der Waals surface area (Å²) in [4.78, 5) is 0. The zero-order valence-electron chi connectivity index (χ0n) is 7.62. The fraction of sp³-hybridized carbons (Fsp3) is 1.00. The van der Waals surface area contributed by atoms with E-state index in [4.69, 9.17) is 20.4 Å². The predicted octanol–water partition coefficient (Wildman–Crippen LogP) is -4.45. The van der Waals surface area contributed by atoms with Gasteiger partial charge in [0.15, 0.2) is 0 Å². The van der Waals surface area contributed by atoms with E-state index in [0.29, 0.717) is 0 Å². The van der Waals surface area contributed by atoms with E-state index in [1.165, 1.54) is 0 Å². The Labute approximate surface area is 80.9 Å². The summed E-state index contributed by atoms with van der Waals surface area (Å²) in [5.74, 6) is 0. The van der Waals surface area contributed by atoms with Gasteiger partial charge in [-0.2, -0.15) is 0 Å². The molecule has 14 heavy (non-hydrogen) atoms. The molecule has 0 aromatic heterocycles. The lowest BCUT2D eigenvalue weighted by Gasteiger charge is -2.46. The maximum absolute atomic E-state index is 8.97. The standard InChI is InChI=1S/C6H16N4O4/c11-1-5(2-12)7-9-6(3-13,4-14)10-8-5/h7-14H,1-4H2. The second-order valence-corrected chi connectivity index (χ2v) is 3.30. The highest BCUT2D eigenvalue weighted by molar-refractivity contribution is 4.93. The molecule has 0 radical (unpaired) electrons. The van der Waals surface area contributed by atoms with Crippen LogP contribution in [0.3, 0.4) is 0 Å². The highest BCUT2D eigenvalue weighted by atomic mass is 16.3. The van der Waals surface area contributed by atoms with Crippen molar-refractivity contribution in [2.24, 2.45) is 0 Å². The van der Waals surface area contributed by atoms with Crippen LogP contribution in [0.15, 0.2) is 0 Å². The van der Waals surface area contributed by atoms with Crippen LogP contribution < -0.4 is 21.7 Å². The summed E-state index contributed by atoms with van der Waals surface area (Å²) < 4.78 is 0. The first-order chi connectivity index (χ1) is 6.66. The van der Waals surface area contributed by atoms with Crippen LogP contribution in [0, 0.1) is 0 Å². The minimum atomic E-state index is -1.12. The number of hydrogen-bond donors (Lipinski definition) is 8. The van der Waals surface area contributed by atoms with Crippen LogP contribution >= 0.6 is 0 Å². The van der Waals surface area contributed by atoms with Crippen molar-refractivity contribution >= 4 is 0 Å². The Bertz CT molecular complexity index is 151. The SMILES string of the molecule is OCC1(CO)NNC(CO)(CO)NN1. The van der Waals surface area contributed by atoms with Crippen molar-refractivity contribution in [2.45, 2.75) is 11.3 Å². The summed E-state index contributed by atoms with van der Waals surface area (Å²) in [6.07, 6.45) is 0. The molecule has 1 heterocycles. The van der Waals surface area contributed by atoms with E-state index in [1.807, 2.05) is 0 Å². The van der Waals surface area contributed by atoms with Crippen molar-refractivity contribution in [2.75, 3.05) is 26.4 Å². The first-order valence-corrected chi connectivity index (χ1v) is 4.18. The Hall–Kier alpha value is -0.320. The van der Waals surface area contributed by atoms with Crippen molar-refractivity contribution in [3.63, 3.8) is 0 Å². The van der Waals surface area contributed by atoms with Crippen LogP contribution in [0.1, 0.15) is 0 Å². The Morgan fingerprint density at radius 1 is 0.571 bits per heavy atom. The van der Waals surface area contributed by atoms with Gasteiger partial charge in [0, 0.05) is 0 Å². The monoisotopic (exact) mass is 208 g/mol. The molecular formula is C6H16N4O4. The maximum Gasteiger partial charge on any atom is 0.141 e. The third kappa shape index (κ3) is 2.02. The van der Waals surface area contributed by atoms with Gasteiger partial charge in [-0.1, -0.05) is 0 Å². The summed E-state index contributed by atoms with van der Waals surface area (Å²) in [6.45, 7) is -1.46. The molecule has 0 spiro atoms. The smallest absolute Gasteiger partial charge is 0.141 e. The number of nitrogens with one attached hydrogen (secondary N) is 4. The van der Waals surface area contributed by atoms with E-state index < -0.39 is 11.3 Å². The Morgan fingerprint density at radius 3 is 0.929 bits per heavy atom. The summed E-state index contributed by atoms with van der Waals surface area (Å²) >= 11 is 0. The van der Waals surface area contributed by atoms with Gasteiger partial charge in [-0.3, -0.25) is 0 Å². The molecular weight excluding hydrogens is 192 g/mol. The molecule has 0 atom stereocenters. The second kappa shape index (κ2) is 4.47. The second-order valence-electron chi connectivity index (χ2n) is 3.30. The van der Waals surface area contributed by atoms with Crippen LogP contribution in [0.4, 0.5) is 0 Å². The first kappa shape index (κ1) is 11.8. The highest BCUT2D eigenvalue weighted by Crippen LogP contribution is 2.05. The fourth-order valence-corrected chi connectivity index (χ4v) is 0.957. The van der Waals surface area contributed by atoms with Crippen molar-refractivity contribution in [3.8, 4) is 0 Å². The van der Waals surface area contributed by atoms with Crippen molar-refractivity contribution in [1.29, 1.82) is 0 Å². The molecule has 0 aromatic rings. The lowest BCUT2D eigenvalue weighted by atomic mass is 10.1. The van der Waals surface area contributed by atoms with Crippen molar-refractivity contribution in [3.05, 3.63) is 0 Å². The molecule has 0 saturated carbocycles. The van der Waals surface area contributed by atoms with Gasteiger partial charge in [-0.25, -0.2) is 21.7 Å². The third-order valence-corrected chi connectivity index (χ3v) is 2.16. The summed E-state index contributed by atoms with van der Waals surface area (Å²) in [6, 6.07) is 0. The van der Waals surface area contributed by atoms with Gasteiger partial charge in [0.2, 0.25) is 0 Å². The van der Waals surface area contributed by atoms with Gasteiger partial charge < -0.3 is 20.4 Å². The molecule has 8 nitrogen and oxygen atoms in total. The van der Waals surface area contributed by atoms with E-state index in [9.17, 15) is 0 Å². The molecule has 0 bridgehead atoms. The first-order valence-electron chi connectivity index (χ1n) is 4.18. The average Bonchev–Trinajstić information content (AvgIpc) is 2.29. The van der Waals surface area contributed by atoms with Crippen LogP contribution in [-0.2, 0) is 0 Å². The van der Waals surface area contributed by atoms with Crippen LogP contribution in [-0.4, -0.2) is 58.2 Å². The number of aliphatic hydroxyl groups is 4. The lowest BCUT2D eigenvalue weighted by molar-refractivity contribution is -0.0641. The molecule has 1 aliphatic rings. The molecule has 0 aliphatic carbocycles. The fourth-order valence-electron chi connectivity index (χ4n) is 0.957. The van der Waals surface area contributed by atoms with Crippen LogP contribution in [0.2, 0.25) is 0 Å². The molecule has 1 saturated heterocycles. The zero-order valence-corrected chi connectivity index (χ0v) is 7.62. The molecule has 8 N–H and O–H groups in total. The number of hydrogen-bond acceptors (Lipinski definition) is 8. The molecule has 1 fully saturated rings. The summed E-state index contributed by atoms with van der Waals surface area (Å²) in [7, 11) is 0. The Kier molecular flexibility index (Phi) is 3.75. The van der Waals surface area contributed by atoms with E-state index in [0.717, 1.165) is 0 Å². The van der Waals surface area contributed by atoms with Gasteiger partial charge in [-0.05, 0) is 0 Å². The minimum absolute atomic E-state index is 0.365. The van der Waals surface area contributed by atoms with Gasteiger partial charge >= 0.3 is 0 Å². The van der Waals surface area contributed by atoms with E-state index in [-0.39, 0.29) is 26.4 Å². The van der Waals surface area contributed by atoms with Crippen molar-refractivity contribution < 1.29 is 20.4 Å². The molecule has 1 rings (SSSR count). The van der Waals surface area contributed by atoms with Gasteiger partial charge in [-0.15, -0.1) is 0 Å². The van der Waals surface area contributed by atoms with Crippen LogP contribution in [0.5, 0.6) is 0 Å². The normalized spacial score (nSPS) is 24.9. The molecule has 8 heteroatoms. The van der Waals surface area contributed by atoms with E-state index in [1.54, 1.807) is 0 Å². The topological polar surface area (TPSA) is 129 Å². The largest absolute Gasteiger partial charge is 0.393 e. The number of rotatable bonds is 4. The van der Waals surface area contributed by atoms with Gasteiger partial charge in [0.05, 0.1) is 26.4 Å². The number of aliphatic hydroxyl groups excluding tert-OH is 4. The van der Waals surface area contributed by atoms with E-state index in [2.05, 4.69) is 21.7 Å².